The maximum atomic E-state index is 2.42. The second-order valence-electron chi connectivity index (χ2n) is 19.8. The predicted octanol–water partition coefficient (Wildman–Crippen LogP) is 18.7. The average Bonchev–Trinajstić information content (AvgIpc) is 4.06. The van der Waals surface area contributed by atoms with Crippen molar-refractivity contribution in [1.82, 2.24) is 4.57 Å². The zero-order valence-electron chi connectivity index (χ0n) is 39.3. The fourth-order valence-corrected chi connectivity index (χ4v) is 13.5. The summed E-state index contributed by atoms with van der Waals surface area (Å²) < 4.78 is 2.39. The lowest BCUT2D eigenvalue weighted by atomic mass is 9.69. The minimum atomic E-state index is -0.429. The van der Waals surface area contributed by atoms with Crippen molar-refractivity contribution in [2.24, 2.45) is 0 Å². The molecule has 2 aliphatic rings. The molecule has 0 saturated carbocycles. The summed E-state index contributed by atoms with van der Waals surface area (Å²) in [6.07, 6.45) is 0. The largest absolute Gasteiger partial charge is 0.309 e. The van der Waals surface area contributed by atoms with Gasteiger partial charge in [-0.15, -0.1) is 0 Å². The van der Waals surface area contributed by atoms with Crippen LogP contribution in [0.4, 0.5) is 0 Å². The number of nitrogens with zero attached hydrogens (tertiary/aromatic N) is 1. The highest BCUT2D eigenvalue weighted by molar-refractivity contribution is 6.22. The molecule has 0 fully saturated rings. The van der Waals surface area contributed by atoms with Crippen molar-refractivity contribution >= 4 is 64.9 Å². The first kappa shape index (κ1) is 39.5. The molecule has 2 aliphatic carbocycles. The van der Waals surface area contributed by atoms with E-state index in [1.807, 2.05) is 0 Å². The molecule has 0 unspecified atom stereocenters. The molecule has 1 heterocycles. The van der Waals surface area contributed by atoms with E-state index in [4.69, 9.17) is 0 Å². The molecule has 13 aromatic carbocycles. The summed E-state index contributed by atoms with van der Waals surface area (Å²) in [7, 11) is 0. The molecule has 0 amide bonds. The van der Waals surface area contributed by atoms with Crippen LogP contribution in [0.15, 0.2) is 261 Å². The molecule has 0 saturated heterocycles. The third-order valence-electron chi connectivity index (χ3n) is 16.4. The summed E-state index contributed by atoms with van der Waals surface area (Å²) in [4.78, 5) is 0. The van der Waals surface area contributed by atoms with Gasteiger partial charge in [-0.25, -0.2) is 0 Å². The quantitative estimate of drug-likeness (QED) is 0.155. The minimum Gasteiger partial charge on any atom is -0.309 e. The molecular formula is C71H43N. The number of benzene rings is 13. The van der Waals surface area contributed by atoms with Gasteiger partial charge in [0.25, 0.3) is 0 Å². The van der Waals surface area contributed by atoms with Gasteiger partial charge in [0.2, 0.25) is 0 Å². The van der Waals surface area contributed by atoms with Crippen molar-refractivity contribution in [3.05, 3.63) is 283 Å². The summed E-state index contributed by atoms with van der Waals surface area (Å²) in [6, 6.07) is 97.8. The lowest BCUT2D eigenvalue weighted by Crippen LogP contribution is -2.26. The third-order valence-corrected chi connectivity index (χ3v) is 16.4. The third kappa shape index (κ3) is 5.27. The van der Waals surface area contributed by atoms with Crippen molar-refractivity contribution < 1.29 is 0 Å². The molecule has 1 spiro atoms. The molecule has 332 valence electrons. The number of hydrogen-bond donors (Lipinski definition) is 0. The number of rotatable bonds is 4. The van der Waals surface area contributed by atoms with Crippen molar-refractivity contribution in [2.75, 3.05) is 0 Å². The van der Waals surface area contributed by atoms with E-state index in [1.165, 1.54) is 148 Å². The molecule has 72 heavy (non-hydrogen) atoms. The summed E-state index contributed by atoms with van der Waals surface area (Å²) in [6.45, 7) is 0. The molecule has 0 aliphatic heterocycles. The van der Waals surface area contributed by atoms with Gasteiger partial charge in [0.1, 0.15) is 0 Å². The SMILES string of the molecule is c1ccc(-n2c3ccccc3c3cc(-c4c5ccccc5c(-c5ccc(-c6ccc7c8c(ccc7c6)-c6c(ccc7ccccc67)C86c7ccccc7-c7ccccc76)cc5)c5ccccc45)ccc32)cc1. The lowest BCUT2D eigenvalue weighted by Gasteiger charge is -2.31. The van der Waals surface area contributed by atoms with Gasteiger partial charge < -0.3 is 4.57 Å². The molecule has 0 atom stereocenters. The van der Waals surface area contributed by atoms with Gasteiger partial charge in [-0.05, 0) is 157 Å². The number of aromatic nitrogens is 1. The molecule has 1 heteroatoms. The highest BCUT2D eigenvalue weighted by Crippen LogP contribution is 2.65. The predicted molar refractivity (Wildman–Crippen MR) is 303 cm³/mol. The van der Waals surface area contributed by atoms with Gasteiger partial charge >= 0.3 is 0 Å². The average molecular weight is 910 g/mol. The standard InChI is InChI=1S/C71H43N/c1-2-17-50(18-3-1)72-65-29-15-12-22-55(65)61-43-49(37-41-66(61)72)68-58-25-8-6-23-56(58)67(57-24-7-9-26-59(57)68)46-32-30-44(31-33-46)47-34-38-52-48(42-47)35-39-60-69-51-19-5-4-16-45(51)36-40-64(69)71(70(52)60)62-27-13-10-20-53(62)54-21-11-14-28-63(54)71/h1-43H. The molecule has 0 bridgehead atoms. The zero-order chi connectivity index (χ0) is 47.1. The Bertz CT molecular complexity index is 4510. The minimum absolute atomic E-state index is 0.429. The summed E-state index contributed by atoms with van der Waals surface area (Å²) in [5.74, 6) is 0. The number of para-hydroxylation sites is 2. The van der Waals surface area contributed by atoms with E-state index in [0.29, 0.717) is 0 Å². The summed E-state index contributed by atoms with van der Waals surface area (Å²) in [5.41, 5.74) is 21.4. The van der Waals surface area contributed by atoms with Crippen LogP contribution in [0, 0.1) is 0 Å². The molecule has 0 radical (unpaired) electrons. The molecule has 1 nitrogen and oxygen atoms in total. The smallest absolute Gasteiger partial charge is 0.0731 e. The van der Waals surface area contributed by atoms with Gasteiger partial charge in [0.15, 0.2) is 0 Å². The summed E-state index contributed by atoms with van der Waals surface area (Å²) in [5, 5.41) is 12.7. The van der Waals surface area contributed by atoms with Crippen LogP contribution in [0.1, 0.15) is 22.3 Å². The van der Waals surface area contributed by atoms with E-state index in [9.17, 15) is 0 Å². The van der Waals surface area contributed by atoms with Crippen LogP contribution in [0.2, 0.25) is 0 Å². The molecule has 16 rings (SSSR count). The molecule has 0 N–H and O–H groups in total. The Kier molecular flexibility index (Phi) is 8.16. The van der Waals surface area contributed by atoms with Crippen LogP contribution in [0.3, 0.4) is 0 Å². The Morgan fingerprint density at radius 2 is 0.778 bits per heavy atom. The summed E-state index contributed by atoms with van der Waals surface area (Å²) >= 11 is 0. The molecule has 14 aromatic rings. The van der Waals surface area contributed by atoms with Crippen molar-refractivity contribution in [3.8, 4) is 61.3 Å². The first-order valence-electron chi connectivity index (χ1n) is 25.2. The first-order chi connectivity index (χ1) is 35.7. The van der Waals surface area contributed by atoms with E-state index in [1.54, 1.807) is 0 Å². The second kappa shape index (κ2) is 14.9. The van der Waals surface area contributed by atoms with Gasteiger partial charge in [-0.1, -0.05) is 224 Å². The Morgan fingerprint density at radius 1 is 0.250 bits per heavy atom. The zero-order valence-corrected chi connectivity index (χ0v) is 39.3. The van der Waals surface area contributed by atoms with E-state index in [-0.39, 0.29) is 0 Å². The Balaban J connectivity index is 0.839. The van der Waals surface area contributed by atoms with Gasteiger partial charge in [-0.2, -0.15) is 0 Å². The second-order valence-corrected chi connectivity index (χ2v) is 19.8. The van der Waals surface area contributed by atoms with E-state index >= 15 is 0 Å². The Hall–Kier alpha value is -9.30. The Morgan fingerprint density at radius 3 is 1.49 bits per heavy atom. The van der Waals surface area contributed by atoms with Crippen molar-refractivity contribution in [3.63, 3.8) is 0 Å². The van der Waals surface area contributed by atoms with Gasteiger partial charge in [-0.3, -0.25) is 0 Å². The van der Waals surface area contributed by atoms with Crippen LogP contribution in [-0.2, 0) is 5.41 Å². The highest BCUT2D eigenvalue weighted by Gasteiger charge is 2.52. The monoisotopic (exact) mass is 909 g/mol. The van der Waals surface area contributed by atoms with Crippen LogP contribution in [0.25, 0.3) is 126 Å². The fraction of sp³-hybridized carbons (Fsp3) is 0.0141. The number of hydrogen-bond acceptors (Lipinski definition) is 0. The van der Waals surface area contributed by atoms with Crippen molar-refractivity contribution in [1.29, 1.82) is 0 Å². The normalized spacial score (nSPS) is 13.1. The van der Waals surface area contributed by atoms with Gasteiger partial charge in [0.05, 0.1) is 16.4 Å². The lowest BCUT2D eigenvalue weighted by molar-refractivity contribution is 0.802. The van der Waals surface area contributed by atoms with E-state index in [2.05, 4.69) is 265 Å². The van der Waals surface area contributed by atoms with Crippen molar-refractivity contribution in [2.45, 2.75) is 5.41 Å². The highest BCUT2D eigenvalue weighted by atomic mass is 15.0. The van der Waals surface area contributed by atoms with E-state index in [0.717, 1.165) is 0 Å². The maximum absolute atomic E-state index is 2.42. The van der Waals surface area contributed by atoms with E-state index < -0.39 is 5.41 Å². The van der Waals surface area contributed by atoms with Crippen LogP contribution >= 0.6 is 0 Å². The first-order valence-corrected chi connectivity index (χ1v) is 25.2. The maximum Gasteiger partial charge on any atom is 0.0731 e. The molecular weight excluding hydrogens is 867 g/mol. The van der Waals surface area contributed by atoms with Crippen LogP contribution in [-0.4, -0.2) is 4.57 Å². The molecule has 1 aromatic heterocycles. The number of fused-ring (bicyclic) bond motifs is 19. The van der Waals surface area contributed by atoms with Crippen LogP contribution in [0.5, 0.6) is 0 Å². The Labute approximate surface area is 417 Å². The van der Waals surface area contributed by atoms with Crippen LogP contribution < -0.4 is 0 Å². The topological polar surface area (TPSA) is 4.93 Å². The fourth-order valence-electron chi connectivity index (χ4n) is 13.5. The van der Waals surface area contributed by atoms with Gasteiger partial charge in [0, 0.05) is 16.5 Å².